The molecule has 0 saturated heterocycles. The van der Waals surface area contributed by atoms with E-state index in [0.717, 1.165) is 5.69 Å². The van der Waals surface area contributed by atoms with Crippen LogP contribution in [0, 0.1) is 5.41 Å². The monoisotopic (exact) mass is 248 g/mol. The van der Waals surface area contributed by atoms with E-state index in [4.69, 9.17) is 0 Å². The van der Waals surface area contributed by atoms with E-state index in [1.165, 1.54) is 4.90 Å². The van der Waals surface area contributed by atoms with Gasteiger partial charge in [0, 0.05) is 30.5 Å². The Balaban J connectivity index is 2.59. The van der Waals surface area contributed by atoms with Gasteiger partial charge >= 0.3 is 0 Å². The lowest BCUT2D eigenvalue weighted by Gasteiger charge is -2.26. The van der Waals surface area contributed by atoms with Gasteiger partial charge in [-0.15, -0.1) is 0 Å². The number of rotatable bonds is 5. The van der Waals surface area contributed by atoms with Gasteiger partial charge in [0.15, 0.2) is 0 Å². The molecule has 1 amide bonds. The molecule has 0 saturated carbocycles. The Bertz CT molecular complexity index is 426. The zero-order chi connectivity index (χ0) is 13.8. The molecule has 0 bridgehead atoms. The summed E-state index contributed by atoms with van der Waals surface area (Å²) in [5.41, 5.74) is -0.179. The molecule has 0 atom stereocenters. The molecular formula is C14H18NO3-. The second-order valence-corrected chi connectivity index (χ2v) is 4.96. The van der Waals surface area contributed by atoms with E-state index in [1.807, 2.05) is 30.3 Å². The number of hydrogen-bond donors (Lipinski definition) is 0. The van der Waals surface area contributed by atoms with Gasteiger partial charge in [0.25, 0.3) is 0 Å². The van der Waals surface area contributed by atoms with Crippen molar-refractivity contribution in [1.82, 2.24) is 0 Å². The molecule has 1 rings (SSSR count). The van der Waals surface area contributed by atoms with Crippen LogP contribution in [0.1, 0.15) is 26.7 Å². The fourth-order valence-electron chi connectivity index (χ4n) is 1.48. The number of para-hydroxylation sites is 1. The molecule has 0 fully saturated rings. The van der Waals surface area contributed by atoms with Crippen LogP contribution in [0.5, 0.6) is 0 Å². The zero-order valence-corrected chi connectivity index (χ0v) is 11.0. The molecule has 4 heteroatoms. The van der Waals surface area contributed by atoms with Gasteiger partial charge in [-0.3, -0.25) is 4.79 Å². The summed E-state index contributed by atoms with van der Waals surface area (Å²) in [4.78, 5) is 24.3. The van der Waals surface area contributed by atoms with Crippen LogP contribution < -0.4 is 10.0 Å². The van der Waals surface area contributed by atoms with E-state index < -0.39 is 11.4 Å². The van der Waals surface area contributed by atoms with Crippen LogP contribution in [0.3, 0.4) is 0 Å². The van der Waals surface area contributed by atoms with E-state index in [1.54, 1.807) is 20.9 Å². The predicted octanol–water partition coefficient (Wildman–Crippen LogP) is 1.21. The quantitative estimate of drug-likeness (QED) is 0.786. The van der Waals surface area contributed by atoms with E-state index in [2.05, 4.69) is 0 Å². The highest BCUT2D eigenvalue weighted by Gasteiger charge is 2.22. The minimum atomic E-state index is -1.13. The summed E-state index contributed by atoms with van der Waals surface area (Å²) in [5, 5.41) is 10.8. The second kappa shape index (κ2) is 5.67. The summed E-state index contributed by atoms with van der Waals surface area (Å²) < 4.78 is 0. The van der Waals surface area contributed by atoms with E-state index in [9.17, 15) is 14.7 Å². The Morgan fingerprint density at radius 3 is 2.28 bits per heavy atom. The molecule has 0 unspecified atom stereocenters. The fourth-order valence-corrected chi connectivity index (χ4v) is 1.48. The van der Waals surface area contributed by atoms with Gasteiger partial charge in [-0.1, -0.05) is 32.0 Å². The van der Waals surface area contributed by atoms with E-state index in [0.29, 0.717) is 0 Å². The molecule has 0 spiro atoms. The smallest absolute Gasteiger partial charge is 0.226 e. The molecule has 0 radical (unpaired) electrons. The number of benzene rings is 1. The van der Waals surface area contributed by atoms with Crippen molar-refractivity contribution in [3.63, 3.8) is 0 Å². The summed E-state index contributed by atoms with van der Waals surface area (Å²) in [6.45, 7) is 3.14. The lowest BCUT2D eigenvalue weighted by molar-refractivity contribution is -0.317. The maximum atomic E-state index is 11.9. The molecule has 0 aliphatic heterocycles. The summed E-state index contributed by atoms with van der Waals surface area (Å²) in [6, 6.07) is 9.25. The van der Waals surface area contributed by atoms with Crippen molar-refractivity contribution in [2.24, 2.45) is 5.41 Å². The van der Waals surface area contributed by atoms with E-state index >= 15 is 0 Å². The number of carboxylic acids is 1. The highest BCUT2D eigenvalue weighted by Crippen LogP contribution is 2.22. The van der Waals surface area contributed by atoms with Gasteiger partial charge in [0.05, 0.1) is 0 Å². The van der Waals surface area contributed by atoms with Gasteiger partial charge in [0.1, 0.15) is 0 Å². The molecule has 1 aromatic rings. The number of anilines is 1. The van der Waals surface area contributed by atoms with Crippen LogP contribution in [0.2, 0.25) is 0 Å². The summed E-state index contributed by atoms with van der Waals surface area (Å²) >= 11 is 0. The largest absolute Gasteiger partial charge is 0.550 e. The number of carbonyl (C=O) groups excluding carboxylic acids is 2. The third-order valence-electron chi connectivity index (χ3n) is 3.03. The molecule has 18 heavy (non-hydrogen) atoms. The van der Waals surface area contributed by atoms with Crippen LogP contribution in [0.4, 0.5) is 5.69 Å². The number of nitrogens with zero attached hydrogens (tertiary/aromatic N) is 1. The van der Waals surface area contributed by atoms with Crippen molar-refractivity contribution in [2.75, 3.05) is 11.9 Å². The minimum absolute atomic E-state index is 0.101. The van der Waals surface area contributed by atoms with Crippen molar-refractivity contribution in [1.29, 1.82) is 0 Å². The Labute approximate surface area is 107 Å². The lowest BCUT2D eigenvalue weighted by atomic mass is 9.88. The van der Waals surface area contributed by atoms with Gasteiger partial charge in [-0.05, 0) is 18.6 Å². The zero-order valence-electron chi connectivity index (χ0n) is 11.0. The Morgan fingerprint density at radius 2 is 1.78 bits per heavy atom. The third kappa shape index (κ3) is 3.58. The number of amides is 1. The Morgan fingerprint density at radius 1 is 1.22 bits per heavy atom. The third-order valence-corrected chi connectivity index (χ3v) is 3.03. The average molecular weight is 248 g/mol. The van der Waals surface area contributed by atoms with Crippen molar-refractivity contribution >= 4 is 17.6 Å². The van der Waals surface area contributed by atoms with Gasteiger partial charge in [-0.2, -0.15) is 0 Å². The number of carboxylic acid groups (broad SMARTS) is 1. The molecular weight excluding hydrogens is 230 g/mol. The number of carbonyl (C=O) groups is 2. The summed E-state index contributed by atoms with van der Waals surface area (Å²) in [6.07, 6.45) is 0.456. The van der Waals surface area contributed by atoms with Crippen molar-refractivity contribution in [3.8, 4) is 0 Å². The molecule has 1 aromatic carbocycles. The second-order valence-electron chi connectivity index (χ2n) is 4.96. The molecule has 98 valence electrons. The Hall–Kier alpha value is -1.84. The summed E-state index contributed by atoms with van der Waals surface area (Å²) in [7, 11) is 1.68. The molecule has 0 aliphatic rings. The molecule has 0 N–H and O–H groups in total. The van der Waals surface area contributed by atoms with Crippen LogP contribution in [0.15, 0.2) is 30.3 Å². The van der Waals surface area contributed by atoms with Gasteiger partial charge < -0.3 is 14.8 Å². The maximum Gasteiger partial charge on any atom is 0.226 e. The first-order valence-electron chi connectivity index (χ1n) is 5.87. The molecule has 4 nitrogen and oxygen atoms in total. The molecule has 0 aromatic heterocycles. The predicted molar refractivity (Wildman–Crippen MR) is 67.9 cm³/mol. The average Bonchev–Trinajstić information content (AvgIpc) is 2.36. The fraction of sp³-hybridized carbons (Fsp3) is 0.429. The SMILES string of the molecule is CN(C(=O)CCC(C)(C)C(=O)[O-])c1ccccc1. The lowest BCUT2D eigenvalue weighted by Crippen LogP contribution is -2.39. The van der Waals surface area contributed by atoms with Crippen molar-refractivity contribution in [3.05, 3.63) is 30.3 Å². The highest BCUT2D eigenvalue weighted by atomic mass is 16.4. The minimum Gasteiger partial charge on any atom is -0.550 e. The molecule has 0 aliphatic carbocycles. The van der Waals surface area contributed by atoms with Gasteiger partial charge in [0.2, 0.25) is 5.91 Å². The first-order chi connectivity index (χ1) is 8.34. The number of hydrogen-bond acceptors (Lipinski definition) is 3. The topological polar surface area (TPSA) is 60.4 Å². The molecule has 0 heterocycles. The number of aliphatic carboxylic acids is 1. The highest BCUT2D eigenvalue weighted by molar-refractivity contribution is 5.93. The van der Waals surface area contributed by atoms with Crippen LogP contribution >= 0.6 is 0 Å². The van der Waals surface area contributed by atoms with Crippen molar-refractivity contribution in [2.45, 2.75) is 26.7 Å². The van der Waals surface area contributed by atoms with Crippen LogP contribution in [-0.2, 0) is 9.59 Å². The first-order valence-corrected chi connectivity index (χ1v) is 5.87. The van der Waals surface area contributed by atoms with Crippen LogP contribution in [0.25, 0.3) is 0 Å². The maximum absolute atomic E-state index is 11.9. The normalized spacial score (nSPS) is 11.1. The van der Waals surface area contributed by atoms with E-state index in [-0.39, 0.29) is 18.7 Å². The van der Waals surface area contributed by atoms with Crippen molar-refractivity contribution < 1.29 is 14.7 Å². The Kier molecular flexibility index (Phi) is 4.48. The van der Waals surface area contributed by atoms with Gasteiger partial charge in [-0.25, -0.2) is 0 Å². The standard InChI is InChI=1S/C14H19NO3/c1-14(2,13(17)18)10-9-12(16)15(3)11-7-5-4-6-8-11/h4-8H,9-10H2,1-3H3,(H,17,18)/p-1. The first kappa shape index (κ1) is 14.2. The van der Waals surface area contributed by atoms with Crippen LogP contribution in [-0.4, -0.2) is 18.9 Å². The summed E-state index contributed by atoms with van der Waals surface area (Å²) in [5.74, 6) is -1.23.